The van der Waals surface area contributed by atoms with Gasteiger partial charge in [-0.05, 0) is 18.4 Å². The van der Waals surface area contributed by atoms with Gasteiger partial charge < -0.3 is 15.3 Å². The Morgan fingerprint density at radius 2 is 1.88 bits per heavy atom. The summed E-state index contributed by atoms with van der Waals surface area (Å²) in [5.41, 5.74) is 0.852. The predicted octanol–water partition coefficient (Wildman–Crippen LogP) is 1.59. The van der Waals surface area contributed by atoms with Gasteiger partial charge in [-0.1, -0.05) is 43.2 Å². The van der Waals surface area contributed by atoms with Gasteiger partial charge in [-0.15, -0.1) is 0 Å². The summed E-state index contributed by atoms with van der Waals surface area (Å²) >= 11 is 0. The van der Waals surface area contributed by atoms with Crippen molar-refractivity contribution in [2.45, 2.75) is 50.6 Å². The molecule has 0 bridgehead atoms. The van der Waals surface area contributed by atoms with Crippen molar-refractivity contribution >= 4 is 17.8 Å². The minimum Gasteiger partial charge on any atom is -0.480 e. The fraction of sp³-hybridized carbons (Fsp3) is 0.526. The lowest BCUT2D eigenvalue weighted by molar-refractivity contribution is -0.142. The van der Waals surface area contributed by atoms with E-state index >= 15 is 0 Å². The number of carbonyl (C=O) groups is 3. The number of benzene rings is 1. The van der Waals surface area contributed by atoms with Gasteiger partial charge in [0.25, 0.3) is 0 Å². The first kappa shape index (κ1) is 17.5. The molecule has 6 nitrogen and oxygen atoms in total. The Morgan fingerprint density at radius 3 is 2.52 bits per heavy atom. The van der Waals surface area contributed by atoms with E-state index < -0.39 is 17.9 Å². The third-order valence-corrected chi connectivity index (χ3v) is 5.19. The topological polar surface area (TPSA) is 86.7 Å². The van der Waals surface area contributed by atoms with Crippen LogP contribution in [0.3, 0.4) is 0 Å². The standard InChI is InChI=1S/C19H24N2O4/c22-17-11-14(12-21(17)15-8-4-5-9-15)18(23)20-16(19(24)25)10-13-6-2-1-3-7-13/h1-3,6-7,14-16H,4-5,8-12H2,(H,20,23)(H,24,25). The van der Waals surface area contributed by atoms with Crippen molar-refractivity contribution in [3.05, 3.63) is 35.9 Å². The molecule has 0 radical (unpaired) electrons. The maximum atomic E-state index is 12.5. The van der Waals surface area contributed by atoms with E-state index in [2.05, 4.69) is 5.32 Å². The van der Waals surface area contributed by atoms with Crippen molar-refractivity contribution in [1.82, 2.24) is 10.2 Å². The van der Waals surface area contributed by atoms with Crippen LogP contribution in [-0.4, -0.2) is 46.4 Å². The van der Waals surface area contributed by atoms with Crippen molar-refractivity contribution in [1.29, 1.82) is 0 Å². The summed E-state index contributed by atoms with van der Waals surface area (Å²) in [7, 11) is 0. The van der Waals surface area contributed by atoms with Gasteiger partial charge in [-0.25, -0.2) is 4.79 Å². The van der Waals surface area contributed by atoms with Crippen LogP contribution in [0.5, 0.6) is 0 Å². The van der Waals surface area contributed by atoms with E-state index in [1.165, 1.54) is 0 Å². The van der Waals surface area contributed by atoms with Gasteiger partial charge in [0.05, 0.1) is 5.92 Å². The van der Waals surface area contributed by atoms with Crippen LogP contribution in [0.15, 0.2) is 30.3 Å². The van der Waals surface area contributed by atoms with E-state index in [9.17, 15) is 19.5 Å². The zero-order valence-corrected chi connectivity index (χ0v) is 14.2. The molecule has 1 aromatic rings. The molecule has 1 aliphatic heterocycles. The van der Waals surface area contributed by atoms with Gasteiger partial charge in [0.15, 0.2) is 0 Å². The molecule has 2 aliphatic rings. The Hall–Kier alpha value is -2.37. The number of amides is 2. The van der Waals surface area contributed by atoms with Crippen LogP contribution >= 0.6 is 0 Å². The van der Waals surface area contributed by atoms with E-state index in [0.717, 1.165) is 31.2 Å². The number of rotatable bonds is 6. The SMILES string of the molecule is O=C(NC(Cc1ccccc1)C(=O)O)C1CC(=O)N(C2CCCC2)C1. The number of carboxylic acids is 1. The van der Waals surface area contributed by atoms with Crippen LogP contribution in [0, 0.1) is 5.92 Å². The maximum absolute atomic E-state index is 12.5. The predicted molar refractivity (Wildman–Crippen MR) is 91.8 cm³/mol. The van der Waals surface area contributed by atoms with E-state index in [4.69, 9.17) is 0 Å². The molecule has 1 aromatic carbocycles. The van der Waals surface area contributed by atoms with Crippen LogP contribution in [0.25, 0.3) is 0 Å². The Labute approximate surface area is 147 Å². The van der Waals surface area contributed by atoms with E-state index in [0.29, 0.717) is 6.54 Å². The smallest absolute Gasteiger partial charge is 0.326 e. The van der Waals surface area contributed by atoms with Gasteiger partial charge in [0, 0.05) is 25.4 Å². The summed E-state index contributed by atoms with van der Waals surface area (Å²) in [6.07, 6.45) is 4.68. The highest BCUT2D eigenvalue weighted by molar-refractivity contribution is 5.91. The number of likely N-dealkylation sites (tertiary alicyclic amines) is 1. The summed E-state index contributed by atoms with van der Waals surface area (Å²) < 4.78 is 0. The minimum atomic E-state index is -1.06. The first-order valence-electron chi connectivity index (χ1n) is 8.91. The van der Waals surface area contributed by atoms with Crippen LogP contribution < -0.4 is 5.32 Å². The van der Waals surface area contributed by atoms with Gasteiger partial charge >= 0.3 is 5.97 Å². The molecular weight excluding hydrogens is 320 g/mol. The lowest BCUT2D eigenvalue weighted by atomic mass is 10.0. The molecule has 1 aliphatic carbocycles. The monoisotopic (exact) mass is 344 g/mol. The third-order valence-electron chi connectivity index (χ3n) is 5.19. The molecule has 134 valence electrons. The maximum Gasteiger partial charge on any atom is 0.326 e. The number of nitrogens with one attached hydrogen (secondary N) is 1. The van der Waals surface area contributed by atoms with Gasteiger partial charge in [0.1, 0.15) is 6.04 Å². The van der Waals surface area contributed by atoms with E-state index in [1.807, 2.05) is 35.2 Å². The molecule has 2 amide bonds. The lowest BCUT2D eigenvalue weighted by Gasteiger charge is -2.24. The second-order valence-corrected chi connectivity index (χ2v) is 6.97. The summed E-state index contributed by atoms with van der Waals surface area (Å²) in [6.45, 7) is 0.410. The van der Waals surface area contributed by atoms with E-state index in [-0.39, 0.29) is 30.7 Å². The van der Waals surface area contributed by atoms with Gasteiger partial charge in [0.2, 0.25) is 11.8 Å². The number of nitrogens with zero attached hydrogens (tertiary/aromatic N) is 1. The average Bonchev–Trinajstić information content (AvgIpc) is 3.24. The molecule has 2 atom stereocenters. The zero-order chi connectivity index (χ0) is 17.8. The Kier molecular flexibility index (Phi) is 5.36. The highest BCUT2D eigenvalue weighted by Crippen LogP contribution is 2.29. The van der Waals surface area contributed by atoms with Crippen LogP contribution in [-0.2, 0) is 20.8 Å². The fourth-order valence-corrected chi connectivity index (χ4v) is 3.82. The van der Waals surface area contributed by atoms with Crippen molar-refractivity contribution in [2.24, 2.45) is 5.92 Å². The molecule has 3 rings (SSSR count). The van der Waals surface area contributed by atoms with Crippen LogP contribution in [0.2, 0.25) is 0 Å². The molecular formula is C19H24N2O4. The molecule has 2 unspecified atom stereocenters. The Morgan fingerprint density at radius 1 is 1.20 bits per heavy atom. The Balaban J connectivity index is 1.60. The Bertz CT molecular complexity index is 640. The average molecular weight is 344 g/mol. The number of hydrogen-bond donors (Lipinski definition) is 2. The second-order valence-electron chi connectivity index (χ2n) is 6.97. The highest BCUT2D eigenvalue weighted by Gasteiger charge is 2.39. The molecule has 6 heteroatoms. The first-order chi connectivity index (χ1) is 12.0. The summed E-state index contributed by atoms with van der Waals surface area (Å²) in [4.78, 5) is 38.0. The molecule has 0 spiro atoms. The third kappa shape index (κ3) is 4.18. The lowest BCUT2D eigenvalue weighted by Crippen LogP contribution is -2.45. The van der Waals surface area contributed by atoms with Crippen molar-refractivity contribution in [3.8, 4) is 0 Å². The molecule has 1 heterocycles. The molecule has 1 saturated heterocycles. The quantitative estimate of drug-likeness (QED) is 0.820. The second kappa shape index (κ2) is 7.68. The normalized spacial score (nSPS) is 22.2. The fourth-order valence-electron chi connectivity index (χ4n) is 3.82. The van der Waals surface area contributed by atoms with Crippen molar-refractivity contribution < 1.29 is 19.5 Å². The van der Waals surface area contributed by atoms with Gasteiger partial charge in [-0.2, -0.15) is 0 Å². The van der Waals surface area contributed by atoms with Crippen LogP contribution in [0.1, 0.15) is 37.7 Å². The first-order valence-corrected chi connectivity index (χ1v) is 8.91. The van der Waals surface area contributed by atoms with E-state index in [1.54, 1.807) is 0 Å². The highest BCUT2D eigenvalue weighted by atomic mass is 16.4. The molecule has 1 saturated carbocycles. The number of carboxylic acid groups (broad SMARTS) is 1. The molecule has 2 fully saturated rings. The summed E-state index contributed by atoms with van der Waals surface area (Å²) in [6, 6.07) is 8.48. The zero-order valence-electron chi connectivity index (χ0n) is 14.2. The largest absolute Gasteiger partial charge is 0.480 e. The van der Waals surface area contributed by atoms with Gasteiger partial charge in [-0.3, -0.25) is 9.59 Å². The number of carbonyl (C=O) groups excluding carboxylic acids is 2. The molecule has 2 N–H and O–H groups in total. The molecule has 0 aromatic heterocycles. The summed E-state index contributed by atoms with van der Waals surface area (Å²) in [5, 5.41) is 12.0. The summed E-state index contributed by atoms with van der Waals surface area (Å²) in [5.74, 6) is -1.83. The minimum absolute atomic E-state index is 0.0157. The van der Waals surface area contributed by atoms with Crippen molar-refractivity contribution in [3.63, 3.8) is 0 Å². The van der Waals surface area contributed by atoms with Crippen molar-refractivity contribution in [2.75, 3.05) is 6.54 Å². The van der Waals surface area contributed by atoms with Crippen LogP contribution in [0.4, 0.5) is 0 Å². The number of aliphatic carboxylic acids is 1. The number of hydrogen-bond acceptors (Lipinski definition) is 3. The molecule has 25 heavy (non-hydrogen) atoms.